The highest BCUT2D eigenvalue weighted by Crippen LogP contribution is 2.19. The van der Waals surface area contributed by atoms with Crippen molar-refractivity contribution in [1.82, 2.24) is 4.90 Å². The number of carboxylic acids is 1. The number of amides is 2. The van der Waals surface area contributed by atoms with E-state index in [2.05, 4.69) is 5.32 Å². The third kappa shape index (κ3) is 5.05. The Morgan fingerprint density at radius 2 is 2.10 bits per heavy atom. The second-order valence-electron chi connectivity index (χ2n) is 4.73. The third-order valence-electron chi connectivity index (χ3n) is 2.37. The number of hydrogen-bond donors (Lipinski definition) is 2. The van der Waals surface area contributed by atoms with Gasteiger partial charge in [-0.2, -0.15) is 0 Å². The number of nitrogens with one attached hydrogen (secondary N) is 1. The van der Waals surface area contributed by atoms with Gasteiger partial charge in [-0.3, -0.25) is 4.79 Å². The monoisotopic (exact) mass is 302 g/mol. The van der Waals surface area contributed by atoms with Gasteiger partial charge in [-0.25, -0.2) is 9.18 Å². The Bertz CT molecular complexity index is 508. The molecule has 1 rings (SSSR count). The number of carboxylic acid groups (broad SMARTS) is 1. The van der Waals surface area contributed by atoms with E-state index in [1.165, 1.54) is 17.0 Å². The molecule has 7 heteroatoms. The first-order valence-electron chi connectivity index (χ1n) is 6.02. The highest BCUT2D eigenvalue weighted by Gasteiger charge is 2.18. The molecule has 0 aliphatic heterocycles. The number of rotatable bonds is 5. The smallest absolute Gasteiger partial charge is 0.323 e. The van der Waals surface area contributed by atoms with E-state index in [1.807, 2.05) is 13.8 Å². The molecule has 0 aliphatic rings. The van der Waals surface area contributed by atoms with Crippen molar-refractivity contribution in [3.63, 3.8) is 0 Å². The van der Waals surface area contributed by atoms with Crippen molar-refractivity contribution in [2.75, 3.05) is 18.4 Å². The number of aliphatic carboxylic acids is 1. The van der Waals surface area contributed by atoms with Gasteiger partial charge in [0.15, 0.2) is 0 Å². The summed E-state index contributed by atoms with van der Waals surface area (Å²) in [7, 11) is 0. The number of hydrogen-bond acceptors (Lipinski definition) is 2. The van der Waals surface area contributed by atoms with Crippen LogP contribution in [-0.4, -0.2) is 35.1 Å². The fraction of sp³-hybridized carbons (Fsp3) is 0.385. The average Bonchev–Trinajstić information content (AvgIpc) is 2.32. The Morgan fingerprint density at radius 3 is 2.60 bits per heavy atom. The van der Waals surface area contributed by atoms with E-state index < -0.39 is 24.4 Å². The predicted octanol–water partition coefficient (Wildman–Crippen LogP) is 3.05. The van der Waals surface area contributed by atoms with Crippen LogP contribution in [0.3, 0.4) is 0 Å². The highest BCUT2D eigenvalue weighted by molar-refractivity contribution is 6.31. The van der Waals surface area contributed by atoms with Crippen LogP contribution >= 0.6 is 11.6 Å². The zero-order chi connectivity index (χ0) is 15.3. The quantitative estimate of drug-likeness (QED) is 0.878. The van der Waals surface area contributed by atoms with Gasteiger partial charge in [0, 0.05) is 12.2 Å². The van der Waals surface area contributed by atoms with Crippen molar-refractivity contribution in [3.8, 4) is 0 Å². The molecule has 0 heterocycles. The molecule has 2 N–H and O–H groups in total. The first-order valence-corrected chi connectivity index (χ1v) is 6.40. The largest absolute Gasteiger partial charge is 0.480 e. The number of carbonyl (C=O) groups is 2. The summed E-state index contributed by atoms with van der Waals surface area (Å²) in [6, 6.07) is 3.18. The molecule has 0 spiro atoms. The van der Waals surface area contributed by atoms with Crippen LogP contribution in [0.15, 0.2) is 18.2 Å². The molecule has 0 atom stereocenters. The van der Waals surface area contributed by atoms with E-state index in [0.717, 1.165) is 6.07 Å². The van der Waals surface area contributed by atoms with E-state index in [4.69, 9.17) is 16.7 Å². The molecule has 110 valence electrons. The molecule has 0 bridgehead atoms. The normalized spacial score (nSPS) is 10.4. The van der Waals surface area contributed by atoms with Crippen LogP contribution in [-0.2, 0) is 4.79 Å². The van der Waals surface area contributed by atoms with Gasteiger partial charge >= 0.3 is 12.0 Å². The summed E-state index contributed by atoms with van der Waals surface area (Å²) in [4.78, 5) is 23.9. The van der Waals surface area contributed by atoms with Gasteiger partial charge in [0.2, 0.25) is 0 Å². The number of halogens is 2. The fourth-order valence-corrected chi connectivity index (χ4v) is 1.78. The lowest BCUT2D eigenvalue weighted by atomic mass is 10.2. The minimum absolute atomic E-state index is 0.114. The first kappa shape index (κ1) is 16.2. The molecular weight excluding hydrogens is 287 g/mol. The summed E-state index contributed by atoms with van der Waals surface area (Å²) in [6.45, 7) is 3.64. The van der Waals surface area contributed by atoms with Gasteiger partial charge in [-0.15, -0.1) is 0 Å². The van der Waals surface area contributed by atoms with Crippen molar-refractivity contribution in [1.29, 1.82) is 0 Å². The fourth-order valence-electron chi connectivity index (χ4n) is 1.60. The van der Waals surface area contributed by atoms with Crippen molar-refractivity contribution in [3.05, 3.63) is 29.0 Å². The molecule has 20 heavy (non-hydrogen) atoms. The van der Waals surface area contributed by atoms with Gasteiger partial charge in [0.25, 0.3) is 0 Å². The summed E-state index contributed by atoms with van der Waals surface area (Å²) in [5, 5.41) is 11.2. The van der Waals surface area contributed by atoms with Crippen LogP contribution in [0.2, 0.25) is 5.02 Å². The Labute approximate surface area is 121 Å². The number of nitrogens with zero attached hydrogens (tertiary/aromatic N) is 1. The zero-order valence-electron chi connectivity index (χ0n) is 11.2. The summed E-state index contributed by atoms with van der Waals surface area (Å²) in [5.41, 5.74) is 0.306. The van der Waals surface area contributed by atoms with Crippen LogP contribution in [0.25, 0.3) is 0 Å². The molecular formula is C13H16ClFN2O3. The second kappa shape index (κ2) is 7.09. The highest BCUT2D eigenvalue weighted by atomic mass is 35.5. The van der Waals surface area contributed by atoms with Crippen LogP contribution in [0.5, 0.6) is 0 Å². The van der Waals surface area contributed by atoms with Crippen molar-refractivity contribution in [2.45, 2.75) is 13.8 Å². The maximum Gasteiger partial charge on any atom is 0.323 e. The lowest BCUT2D eigenvalue weighted by Gasteiger charge is -2.23. The SMILES string of the molecule is CC(C)CN(CC(=O)O)C(=O)Nc1ccc(F)c(Cl)c1. The van der Waals surface area contributed by atoms with Crippen molar-refractivity contribution in [2.24, 2.45) is 5.92 Å². The minimum Gasteiger partial charge on any atom is -0.480 e. The van der Waals surface area contributed by atoms with E-state index in [0.29, 0.717) is 12.2 Å². The topological polar surface area (TPSA) is 69.6 Å². The number of urea groups is 1. The maximum atomic E-state index is 13.0. The standard InChI is InChI=1S/C13H16ClFN2O3/c1-8(2)6-17(7-12(18)19)13(20)16-9-3-4-11(15)10(14)5-9/h3-5,8H,6-7H2,1-2H3,(H,16,20)(H,18,19). The molecule has 2 amide bonds. The van der Waals surface area contributed by atoms with Crippen LogP contribution in [0.1, 0.15) is 13.8 Å². The number of anilines is 1. The molecule has 0 radical (unpaired) electrons. The van der Waals surface area contributed by atoms with Gasteiger partial charge in [0.05, 0.1) is 5.02 Å². The molecule has 0 unspecified atom stereocenters. The summed E-state index contributed by atoms with van der Waals surface area (Å²) < 4.78 is 13.0. The Morgan fingerprint density at radius 1 is 1.45 bits per heavy atom. The molecule has 0 aliphatic carbocycles. The summed E-state index contributed by atoms with van der Waals surface area (Å²) in [5.74, 6) is -1.57. The molecule has 5 nitrogen and oxygen atoms in total. The Balaban J connectivity index is 2.78. The molecule has 1 aromatic rings. The van der Waals surface area contributed by atoms with E-state index in [-0.39, 0.29) is 10.9 Å². The van der Waals surface area contributed by atoms with Gasteiger partial charge < -0.3 is 15.3 Å². The van der Waals surface area contributed by atoms with E-state index in [1.54, 1.807) is 0 Å². The van der Waals surface area contributed by atoms with Gasteiger partial charge in [-0.1, -0.05) is 25.4 Å². The zero-order valence-corrected chi connectivity index (χ0v) is 11.9. The average molecular weight is 303 g/mol. The predicted molar refractivity (Wildman–Crippen MR) is 74.5 cm³/mol. The van der Waals surface area contributed by atoms with Gasteiger partial charge in [-0.05, 0) is 24.1 Å². The van der Waals surface area contributed by atoms with Crippen molar-refractivity contribution >= 4 is 29.3 Å². The van der Waals surface area contributed by atoms with Gasteiger partial charge in [0.1, 0.15) is 12.4 Å². The molecule has 0 saturated heterocycles. The Hall–Kier alpha value is -1.82. The van der Waals surface area contributed by atoms with Crippen LogP contribution in [0.4, 0.5) is 14.9 Å². The van der Waals surface area contributed by atoms with E-state index in [9.17, 15) is 14.0 Å². The minimum atomic E-state index is -1.10. The Kier molecular flexibility index (Phi) is 5.76. The second-order valence-corrected chi connectivity index (χ2v) is 5.13. The molecule has 0 aromatic heterocycles. The lowest BCUT2D eigenvalue weighted by Crippen LogP contribution is -2.40. The number of benzene rings is 1. The van der Waals surface area contributed by atoms with E-state index >= 15 is 0 Å². The summed E-state index contributed by atoms with van der Waals surface area (Å²) in [6.07, 6.45) is 0. The third-order valence-corrected chi connectivity index (χ3v) is 2.66. The van der Waals surface area contributed by atoms with Crippen molar-refractivity contribution < 1.29 is 19.1 Å². The van der Waals surface area contributed by atoms with Crippen LogP contribution < -0.4 is 5.32 Å². The van der Waals surface area contributed by atoms with Crippen LogP contribution in [0, 0.1) is 11.7 Å². The first-order chi connectivity index (χ1) is 9.29. The lowest BCUT2D eigenvalue weighted by molar-refractivity contribution is -0.137. The molecule has 0 fully saturated rings. The molecule has 0 saturated carbocycles. The number of carbonyl (C=O) groups excluding carboxylic acids is 1. The maximum absolute atomic E-state index is 13.0. The molecule has 1 aromatic carbocycles. The summed E-state index contributed by atoms with van der Waals surface area (Å²) >= 11 is 5.61.